The third kappa shape index (κ3) is 5.12. The Morgan fingerprint density at radius 2 is 1.04 bits per heavy atom. The summed E-state index contributed by atoms with van der Waals surface area (Å²) in [4.78, 5) is 0. The molecule has 2 heteroatoms. The summed E-state index contributed by atoms with van der Waals surface area (Å²) in [6.45, 7) is 6.30. The third-order valence-electron chi connectivity index (χ3n) is 10.1. The van der Waals surface area contributed by atoms with E-state index in [1.807, 2.05) is 12.1 Å². The Labute approximate surface area is 298 Å². The normalized spacial score (nSPS) is 12.3. The van der Waals surface area contributed by atoms with Crippen LogP contribution in [0.3, 0.4) is 0 Å². The average molecular weight is 653 g/mol. The van der Waals surface area contributed by atoms with E-state index in [4.69, 9.17) is 0 Å². The van der Waals surface area contributed by atoms with Gasteiger partial charge < -0.3 is 9.13 Å². The molecule has 0 unspecified atom stereocenters. The zero-order valence-corrected chi connectivity index (χ0v) is 28.5. The third-order valence-corrected chi connectivity index (χ3v) is 10.1. The minimum atomic E-state index is 1.09. The number of aromatic nitrogens is 2. The van der Waals surface area contributed by atoms with Crippen molar-refractivity contribution in [2.45, 2.75) is 6.92 Å². The monoisotopic (exact) mass is 652 g/mol. The number of rotatable bonds is 7. The Kier molecular flexibility index (Phi) is 7.56. The van der Waals surface area contributed by atoms with Crippen LogP contribution in [0.5, 0.6) is 0 Å². The summed E-state index contributed by atoms with van der Waals surface area (Å²) >= 11 is 0. The Hall–Kier alpha value is -6.64. The molecule has 2 heterocycles. The molecule has 9 rings (SSSR count). The first-order chi connectivity index (χ1) is 25.2. The summed E-state index contributed by atoms with van der Waals surface area (Å²) in [6, 6.07) is 61.1. The van der Waals surface area contributed by atoms with Gasteiger partial charge in [-0.25, -0.2) is 0 Å². The van der Waals surface area contributed by atoms with E-state index in [0.717, 1.165) is 22.5 Å². The molecule has 0 aliphatic rings. The van der Waals surface area contributed by atoms with Gasteiger partial charge in [-0.05, 0) is 82.8 Å². The fraction of sp³-hybridized carbons (Fsp3) is 0.0204. The molecule has 0 atom stereocenters. The van der Waals surface area contributed by atoms with Gasteiger partial charge in [0.2, 0.25) is 0 Å². The van der Waals surface area contributed by atoms with Crippen molar-refractivity contribution in [3.8, 4) is 27.9 Å². The number of fused-ring (bicyclic) bond motifs is 6. The van der Waals surface area contributed by atoms with E-state index in [-0.39, 0.29) is 0 Å². The first kappa shape index (κ1) is 30.4. The molecule has 0 bridgehead atoms. The molecule has 0 spiro atoms. The van der Waals surface area contributed by atoms with Crippen molar-refractivity contribution in [2.24, 2.45) is 0 Å². The first-order valence-electron chi connectivity index (χ1n) is 17.5. The van der Waals surface area contributed by atoms with Gasteiger partial charge in [-0.3, -0.25) is 0 Å². The van der Waals surface area contributed by atoms with Crippen LogP contribution in [0, 0.1) is 0 Å². The van der Waals surface area contributed by atoms with Gasteiger partial charge in [-0.2, -0.15) is 0 Å². The van der Waals surface area contributed by atoms with Crippen LogP contribution in [0.25, 0.3) is 82.8 Å². The highest BCUT2D eigenvalue weighted by atomic mass is 15.0. The highest BCUT2D eigenvalue weighted by Gasteiger charge is 2.20. The molecule has 7 aromatic carbocycles. The smallest absolute Gasteiger partial charge is 0.0547 e. The molecular weight excluding hydrogens is 617 g/mol. The van der Waals surface area contributed by atoms with E-state index in [2.05, 4.69) is 199 Å². The molecule has 0 radical (unpaired) electrons. The quantitative estimate of drug-likeness (QED) is 0.152. The Morgan fingerprint density at radius 1 is 0.490 bits per heavy atom. The summed E-state index contributed by atoms with van der Waals surface area (Å²) < 4.78 is 4.82. The average Bonchev–Trinajstić information content (AvgIpc) is 3.72. The van der Waals surface area contributed by atoms with Gasteiger partial charge in [0.1, 0.15) is 0 Å². The predicted molar refractivity (Wildman–Crippen MR) is 219 cm³/mol. The van der Waals surface area contributed by atoms with Crippen molar-refractivity contribution in [3.05, 3.63) is 200 Å². The van der Waals surface area contributed by atoms with Crippen LogP contribution in [0.2, 0.25) is 0 Å². The van der Waals surface area contributed by atoms with Gasteiger partial charge in [0.25, 0.3) is 0 Å². The van der Waals surface area contributed by atoms with Crippen LogP contribution >= 0.6 is 0 Å². The second-order valence-corrected chi connectivity index (χ2v) is 13.0. The lowest BCUT2D eigenvalue weighted by molar-refractivity contribution is 1.18. The minimum Gasteiger partial charge on any atom is -0.313 e. The molecule has 2 aromatic heterocycles. The van der Waals surface area contributed by atoms with Crippen LogP contribution in [0.4, 0.5) is 0 Å². The lowest BCUT2D eigenvalue weighted by Gasteiger charge is -2.12. The van der Waals surface area contributed by atoms with Crippen LogP contribution in [0.15, 0.2) is 195 Å². The Bertz CT molecular complexity index is 2810. The van der Waals surface area contributed by atoms with Crippen molar-refractivity contribution >= 4 is 54.9 Å². The van der Waals surface area contributed by atoms with Gasteiger partial charge in [-0.15, -0.1) is 0 Å². The zero-order chi connectivity index (χ0) is 34.3. The molecule has 0 aliphatic carbocycles. The minimum absolute atomic E-state index is 1.09. The number of hydrogen-bond donors (Lipinski definition) is 0. The molecule has 0 saturated heterocycles. The topological polar surface area (TPSA) is 9.86 Å². The molecule has 0 saturated carbocycles. The van der Waals surface area contributed by atoms with Crippen molar-refractivity contribution in [2.75, 3.05) is 0 Å². The first-order valence-corrected chi connectivity index (χ1v) is 17.5. The van der Waals surface area contributed by atoms with E-state index < -0.39 is 0 Å². The maximum Gasteiger partial charge on any atom is 0.0547 e. The van der Waals surface area contributed by atoms with Crippen molar-refractivity contribution < 1.29 is 0 Å². The zero-order valence-electron chi connectivity index (χ0n) is 28.5. The molecule has 9 aromatic rings. The molecule has 2 nitrogen and oxygen atoms in total. The van der Waals surface area contributed by atoms with Crippen LogP contribution < -0.4 is 0 Å². The van der Waals surface area contributed by atoms with E-state index >= 15 is 0 Å². The Balaban J connectivity index is 1.27. The number of allylic oxidation sites excluding steroid dienone is 5. The predicted octanol–water partition coefficient (Wildman–Crippen LogP) is 13.4. The lowest BCUT2D eigenvalue weighted by atomic mass is 9.95. The van der Waals surface area contributed by atoms with E-state index in [1.165, 1.54) is 65.9 Å². The molecule has 51 heavy (non-hydrogen) atoms. The summed E-state index contributed by atoms with van der Waals surface area (Å²) in [5.41, 5.74) is 14.2. The fourth-order valence-corrected chi connectivity index (χ4v) is 7.80. The van der Waals surface area contributed by atoms with Gasteiger partial charge >= 0.3 is 0 Å². The van der Waals surface area contributed by atoms with Crippen molar-refractivity contribution in [3.63, 3.8) is 0 Å². The van der Waals surface area contributed by atoms with Crippen molar-refractivity contribution in [1.29, 1.82) is 0 Å². The van der Waals surface area contributed by atoms with E-state index in [0.29, 0.717) is 0 Å². The second kappa shape index (κ2) is 12.7. The number of nitrogens with zero attached hydrogens (tertiary/aromatic N) is 2. The van der Waals surface area contributed by atoms with Gasteiger partial charge in [0.05, 0.1) is 22.1 Å². The Morgan fingerprint density at radius 3 is 1.76 bits per heavy atom. The standard InChI is InChI=1S/C49H36N2/c1-3-35(36-17-6-4-7-18-36)32-31-34(2)50-44-27-12-10-23-42(44)48-40(25-15-29-46(48)50)41-26-16-30-47-49(41)43-24-11-13-28-45(43)51(47)39-22-14-21-38(33-39)37-19-8-5-9-20-37/h3-33H,1H2,2H3/b34-31+,35-32+. The second-order valence-electron chi connectivity index (χ2n) is 13.0. The fourth-order valence-electron chi connectivity index (χ4n) is 7.80. The lowest BCUT2D eigenvalue weighted by Crippen LogP contribution is -1.94. The summed E-state index contributed by atoms with van der Waals surface area (Å²) in [7, 11) is 0. The molecule has 0 fully saturated rings. The maximum absolute atomic E-state index is 4.10. The summed E-state index contributed by atoms with van der Waals surface area (Å²) in [6.07, 6.45) is 6.31. The van der Waals surface area contributed by atoms with E-state index in [1.54, 1.807) is 0 Å². The van der Waals surface area contributed by atoms with Gasteiger partial charge in [-0.1, -0.05) is 152 Å². The number of benzene rings is 7. The van der Waals surface area contributed by atoms with Gasteiger partial charge in [0.15, 0.2) is 0 Å². The van der Waals surface area contributed by atoms with Crippen LogP contribution in [-0.2, 0) is 0 Å². The SMILES string of the molecule is C=C/C(=C\C=C(/C)n1c2ccccc2c2c(-c3cccc4c3c3ccccc3n4-c3cccc(-c4ccccc4)c3)cccc21)c1ccccc1. The number of hydrogen-bond acceptors (Lipinski definition) is 0. The van der Waals surface area contributed by atoms with Crippen LogP contribution in [-0.4, -0.2) is 9.13 Å². The van der Waals surface area contributed by atoms with Gasteiger partial charge in [0, 0.05) is 32.9 Å². The molecule has 0 amide bonds. The molecular formula is C49H36N2. The van der Waals surface area contributed by atoms with Crippen molar-refractivity contribution in [1.82, 2.24) is 9.13 Å². The van der Waals surface area contributed by atoms with Crippen LogP contribution in [0.1, 0.15) is 12.5 Å². The molecule has 242 valence electrons. The summed E-state index contributed by atoms with van der Waals surface area (Å²) in [5, 5.41) is 5.00. The maximum atomic E-state index is 4.10. The van der Waals surface area contributed by atoms with E-state index in [9.17, 15) is 0 Å². The largest absolute Gasteiger partial charge is 0.313 e. The highest BCUT2D eigenvalue weighted by Crippen LogP contribution is 2.44. The summed E-state index contributed by atoms with van der Waals surface area (Å²) in [5.74, 6) is 0. The molecule has 0 aliphatic heterocycles. The molecule has 0 N–H and O–H groups in total. The number of para-hydroxylation sites is 2. The highest BCUT2D eigenvalue weighted by molar-refractivity contribution is 6.22.